The van der Waals surface area contributed by atoms with Crippen LogP contribution < -0.4 is 10.2 Å². The molecule has 1 aromatic carbocycles. The van der Waals surface area contributed by atoms with Crippen LogP contribution in [0.4, 0.5) is 0 Å². The van der Waals surface area contributed by atoms with Crippen molar-refractivity contribution in [1.82, 2.24) is 0 Å². The van der Waals surface area contributed by atoms with Crippen molar-refractivity contribution in [3.63, 3.8) is 0 Å². The summed E-state index contributed by atoms with van der Waals surface area (Å²) in [5.74, 6) is 0.434. The van der Waals surface area contributed by atoms with Crippen LogP contribution in [0.3, 0.4) is 0 Å². The highest BCUT2D eigenvalue weighted by Crippen LogP contribution is 2.36. The van der Waals surface area contributed by atoms with E-state index in [0.717, 1.165) is 6.42 Å². The van der Waals surface area contributed by atoms with E-state index in [9.17, 15) is 4.79 Å². The van der Waals surface area contributed by atoms with Crippen molar-refractivity contribution in [1.29, 1.82) is 0 Å². The largest absolute Gasteiger partial charge is 0.486 e. The van der Waals surface area contributed by atoms with E-state index in [2.05, 4.69) is 12.1 Å². The third-order valence-corrected chi connectivity index (χ3v) is 4.43. The van der Waals surface area contributed by atoms with E-state index in [1.807, 2.05) is 12.1 Å². The van der Waals surface area contributed by atoms with Gasteiger partial charge in [0, 0.05) is 16.2 Å². The summed E-state index contributed by atoms with van der Waals surface area (Å²) in [6, 6.07) is 9.53. The van der Waals surface area contributed by atoms with Crippen LogP contribution in [-0.2, 0) is 13.0 Å². The van der Waals surface area contributed by atoms with Crippen LogP contribution in [0.15, 0.2) is 50.7 Å². The van der Waals surface area contributed by atoms with Gasteiger partial charge in [0.05, 0.1) is 0 Å². The van der Waals surface area contributed by atoms with Gasteiger partial charge in [-0.15, -0.1) is 11.8 Å². The van der Waals surface area contributed by atoms with Crippen LogP contribution in [0.5, 0.6) is 5.75 Å². The topological polar surface area (TPSA) is 59.7 Å². The fourth-order valence-corrected chi connectivity index (χ4v) is 3.37. The van der Waals surface area contributed by atoms with E-state index in [4.69, 9.17) is 14.3 Å². The van der Waals surface area contributed by atoms with Gasteiger partial charge in [-0.3, -0.25) is 4.79 Å². The third kappa shape index (κ3) is 2.73. The molecular weight excluding hydrogens is 276 g/mol. The van der Waals surface area contributed by atoms with E-state index in [1.165, 1.54) is 22.8 Å². The van der Waals surface area contributed by atoms with Crippen molar-refractivity contribution < 1.29 is 14.3 Å². The van der Waals surface area contributed by atoms with Crippen LogP contribution in [0.25, 0.3) is 0 Å². The van der Waals surface area contributed by atoms with Crippen LogP contribution in [-0.4, -0.2) is 17.0 Å². The molecule has 3 rings (SSSR count). The molecule has 1 aliphatic rings. The number of ether oxygens (including phenoxy) is 1. The van der Waals surface area contributed by atoms with Gasteiger partial charge < -0.3 is 14.3 Å². The average Bonchev–Trinajstić information content (AvgIpc) is 2.88. The molecule has 0 spiro atoms. The van der Waals surface area contributed by atoms with Gasteiger partial charge in [0.25, 0.3) is 0 Å². The zero-order valence-electron chi connectivity index (χ0n) is 10.7. The monoisotopic (exact) mass is 290 g/mol. The lowest BCUT2D eigenvalue weighted by Crippen LogP contribution is -2.17. The SMILES string of the molecule is O=c1cc(CO)occ1OCC1Cc2ccccc2S1. The Morgan fingerprint density at radius 3 is 3.00 bits per heavy atom. The molecule has 1 unspecified atom stereocenters. The number of hydrogen-bond donors (Lipinski definition) is 1. The van der Waals surface area contributed by atoms with Crippen LogP contribution >= 0.6 is 11.8 Å². The van der Waals surface area contributed by atoms with Gasteiger partial charge in [-0.05, 0) is 18.1 Å². The van der Waals surface area contributed by atoms with Crippen molar-refractivity contribution in [2.75, 3.05) is 6.61 Å². The maximum atomic E-state index is 11.7. The lowest BCUT2D eigenvalue weighted by atomic mass is 10.1. The molecule has 0 aliphatic carbocycles. The van der Waals surface area contributed by atoms with Gasteiger partial charge in [0.1, 0.15) is 25.2 Å². The fourth-order valence-electron chi connectivity index (χ4n) is 2.16. The second-order valence-electron chi connectivity index (χ2n) is 4.60. The number of aliphatic hydroxyl groups is 1. The van der Waals surface area contributed by atoms with Gasteiger partial charge in [-0.1, -0.05) is 18.2 Å². The highest BCUT2D eigenvalue weighted by molar-refractivity contribution is 8.00. The molecule has 104 valence electrons. The summed E-state index contributed by atoms with van der Waals surface area (Å²) in [4.78, 5) is 13.0. The molecule has 5 heteroatoms. The van der Waals surface area contributed by atoms with Gasteiger partial charge >= 0.3 is 0 Å². The number of rotatable bonds is 4. The first-order valence-electron chi connectivity index (χ1n) is 6.36. The second kappa shape index (κ2) is 5.73. The van der Waals surface area contributed by atoms with Gasteiger partial charge in [0.2, 0.25) is 11.2 Å². The number of thioether (sulfide) groups is 1. The Morgan fingerprint density at radius 1 is 1.40 bits per heavy atom. The predicted molar refractivity (Wildman–Crippen MR) is 76.2 cm³/mol. The molecule has 2 aromatic rings. The van der Waals surface area contributed by atoms with Crippen molar-refractivity contribution in [2.24, 2.45) is 0 Å². The summed E-state index contributed by atoms with van der Waals surface area (Å²) in [6.45, 7) is 0.173. The molecular formula is C15H14O4S. The number of hydrogen-bond acceptors (Lipinski definition) is 5. The summed E-state index contributed by atoms with van der Waals surface area (Å²) < 4.78 is 10.6. The molecule has 0 bridgehead atoms. The van der Waals surface area contributed by atoms with Gasteiger partial charge in [-0.2, -0.15) is 0 Å². The van der Waals surface area contributed by atoms with E-state index in [1.54, 1.807) is 11.8 Å². The Labute approximate surface area is 120 Å². The lowest BCUT2D eigenvalue weighted by molar-refractivity contribution is 0.237. The Hall–Kier alpha value is -1.72. The molecule has 2 heterocycles. The van der Waals surface area contributed by atoms with Crippen LogP contribution in [0.1, 0.15) is 11.3 Å². The Balaban J connectivity index is 1.63. The minimum atomic E-state index is -0.288. The third-order valence-electron chi connectivity index (χ3n) is 3.15. The molecule has 0 fully saturated rings. The molecule has 0 saturated heterocycles. The first-order chi connectivity index (χ1) is 9.76. The number of aliphatic hydroxyl groups excluding tert-OH is 1. The molecule has 0 amide bonds. The zero-order chi connectivity index (χ0) is 13.9. The first kappa shape index (κ1) is 13.3. The first-order valence-corrected chi connectivity index (χ1v) is 7.24. The molecule has 0 saturated carbocycles. The fraction of sp³-hybridized carbons (Fsp3) is 0.267. The Morgan fingerprint density at radius 2 is 2.25 bits per heavy atom. The van der Waals surface area contributed by atoms with Gasteiger partial charge in [0.15, 0.2) is 0 Å². The van der Waals surface area contributed by atoms with Gasteiger partial charge in [-0.25, -0.2) is 0 Å². The summed E-state index contributed by atoms with van der Waals surface area (Å²) in [5, 5.41) is 9.19. The smallest absolute Gasteiger partial charge is 0.227 e. The molecule has 1 atom stereocenters. The van der Waals surface area contributed by atoms with E-state index < -0.39 is 0 Å². The molecule has 0 radical (unpaired) electrons. The quantitative estimate of drug-likeness (QED) is 0.935. The summed E-state index contributed by atoms with van der Waals surface area (Å²) in [7, 11) is 0. The lowest BCUT2D eigenvalue weighted by Gasteiger charge is -2.10. The minimum Gasteiger partial charge on any atom is -0.486 e. The summed E-state index contributed by atoms with van der Waals surface area (Å²) in [6.07, 6.45) is 2.21. The summed E-state index contributed by atoms with van der Waals surface area (Å²) in [5.41, 5.74) is 1.06. The molecule has 1 aliphatic heterocycles. The van der Waals surface area contributed by atoms with Crippen molar-refractivity contribution in [2.45, 2.75) is 23.2 Å². The average molecular weight is 290 g/mol. The van der Waals surface area contributed by atoms with Crippen LogP contribution in [0.2, 0.25) is 0 Å². The minimum absolute atomic E-state index is 0.193. The molecule has 20 heavy (non-hydrogen) atoms. The normalized spacial score (nSPS) is 16.9. The van der Waals surface area contributed by atoms with Crippen molar-refractivity contribution in [3.05, 3.63) is 58.1 Å². The highest BCUT2D eigenvalue weighted by atomic mass is 32.2. The molecule has 4 nitrogen and oxygen atoms in total. The predicted octanol–water partition coefficient (Wildman–Crippen LogP) is 2.23. The van der Waals surface area contributed by atoms with Crippen molar-refractivity contribution in [3.8, 4) is 5.75 Å². The standard InChI is InChI=1S/C15H14O4S/c16-7-11-6-13(17)14(9-18-11)19-8-12-5-10-3-1-2-4-15(10)20-12/h1-4,6,9,12,16H,5,7-8H2. The maximum absolute atomic E-state index is 11.7. The highest BCUT2D eigenvalue weighted by Gasteiger charge is 2.22. The van der Waals surface area contributed by atoms with E-state index >= 15 is 0 Å². The molecule has 1 N–H and O–H groups in total. The zero-order valence-corrected chi connectivity index (χ0v) is 11.6. The summed E-state index contributed by atoms with van der Waals surface area (Å²) >= 11 is 1.77. The van der Waals surface area contributed by atoms with Crippen LogP contribution in [0, 0.1) is 0 Å². The maximum Gasteiger partial charge on any atom is 0.227 e. The Bertz CT molecular complexity index is 640. The van der Waals surface area contributed by atoms with E-state index in [0.29, 0.717) is 11.9 Å². The Kier molecular flexibility index (Phi) is 3.80. The number of benzene rings is 1. The second-order valence-corrected chi connectivity index (χ2v) is 5.94. The van der Waals surface area contributed by atoms with Crippen molar-refractivity contribution >= 4 is 11.8 Å². The molecule has 1 aromatic heterocycles. The number of fused-ring (bicyclic) bond motifs is 1. The van der Waals surface area contributed by atoms with E-state index in [-0.39, 0.29) is 23.5 Å².